The van der Waals surface area contributed by atoms with Crippen LogP contribution in [0.3, 0.4) is 0 Å². The molecule has 0 fully saturated rings. The fourth-order valence-electron chi connectivity index (χ4n) is 1.27. The average molecular weight is 219 g/mol. The Hall–Kier alpha value is -2.04. The Morgan fingerprint density at radius 3 is 2.81 bits per heavy atom. The Kier molecular flexibility index (Phi) is 2.76. The molecule has 16 heavy (non-hydrogen) atoms. The van der Waals surface area contributed by atoms with E-state index in [1.165, 1.54) is 6.20 Å². The van der Waals surface area contributed by atoms with Gasteiger partial charge in [0.15, 0.2) is 5.76 Å². The topological polar surface area (TPSA) is 74.2 Å². The molecule has 5 heteroatoms. The largest absolute Gasteiger partial charge is 0.475 e. The summed E-state index contributed by atoms with van der Waals surface area (Å²) in [6.45, 7) is 3.89. The molecule has 0 aromatic carbocycles. The minimum absolute atomic E-state index is 0.0857. The molecule has 0 radical (unpaired) electrons. The Labute approximate surface area is 93.3 Å². The van der Waals surface area contributed by atoms with E-state index in [9.17, 15) is 0 Å². The van der Waals surface area contributed by atoms with E-state index < -0.39 is 0 Å². The SMILES string of the molecule is CC(C)Oc1cccc(-c2cnc(N)o2)n1. The van der Waals surface area contributed by atoms with Gasteiger partial charge in [0.25, 0.3) is 6.01 Å². The lowest BCUT2D eigenvalue weighted by Gasteiger charge is -2.08. The summed E-state index contributed by atoms with van der Waals surface area (Å²) >= 11 is 0. The summed E-state index contributed by atoms with van der Waals surface area (Å²) < 4.78 is 10.7. The molecule has 0 atom stereocenters. The van der Waals surface area contributed by atoms with Crippen molar-refractivity contribution in [3.8, 4) is 17.3 Å². The van der Waals surface area contributed by atoms with Crippen LogP contribution in [0.1, 0.15) is 13.8 Å². The van der Waals surface area contributed by atoms with Gasteiger partial charge >= 0.3 is 0 Å². The van der Waals surface area contributed by atoms with Crippen LogP contribution in [0.15, 0.2) is 28.8 Å². The van der Waals surface area contributed by atoms with Crippen LogP contribution < -0.4 is 10.5 Å². The van der Waals surface area contributed by atoms with Crippen LogP contribution in [0.4, 0.5) is 6.01 Å². The number of hydrogen-bond acceptors (Lipinski definition) is 5. The summed E-state index contributed by atoms with van der Waals surface area (Å²) in [5.41, 5.74) is 6.05. The number of aromatic nitrogens is 2. The van der Waals surface area contributed by atoms with Crippen LogP contribution in [-0.4, -0.2) is 16.1 Å². The molecular formula is C11H13N3O2. The van der Waals surface area contributed by atoms with Crippen molar-refractivity contribution in [2.75, 3.05) is 5.73 Å². The number of anilines is 1. The molecule has 2 N–H and O–H groups in total. The van der Waals surface area contributed by atoms with Crippen molar-refractivity contribution in [2.24, 2.45) is 0 Å². The van der Waals surface area contributed by atoms with E-state index in [0.29, 0.717) is 17.3 Å². The highest BCUT2D eigenvalue weighted by atomic mass is 16.5. The van der Waals surface area contributed by atoms with Gasteiger partial charge in [-0.25, -0.2) is 9.97 Å². The maximum absolute atomic E-state index is 5.48. The van der Waals surface area contributed by atoms with Crippen molar-refractivity contribution in [3.05, 3.63) is 24.4 Å². The Morgan fingerprint density at radius 1 is 1.38 bits per heavy atom. The molecule has 0 bridgehead atoms. The minimum Gasteiger partial charge on any atom is -0.475 e. The van der Waals surface area contributed by atoms with Gasteiger partial charge in [0.2, 0.25) is 5.88 Å². The lowest BCUT2D eigenvalue weighted by Crippen LogP contribution is -2.06. The zero-order valence-electron chi connectivity index (χ0n) is 9.18. The summed E-state index contributed by atoms with van der Waals surface area (Å²) in [6.07, 6.45) is 1.62. The van der Waals surface area contributed by atoms with E-state index in [1.54, 1.807) is 6.07 Å². The van der Waals surface area contributed by atoms with Crippen molar-refractivity contribution in [2.45, 2.75) is 20.0 Å². The third-order valence-corrected chi connectivity index (χ3v) is 1.86. The van der Waals surface area contributed by atoms with E-state index in [4.69, 9.17) is 14.9 Å². The predicted octanol–water partition coefficient (Wildman–Crippen LogP) is 2.11. The van der Waals surface area contributed by atoms with Crippen molar-refractivity contribution >= 4 is 6.01 Å². The number of hydrogen-bond donors (Lipinski definition) is 1. The molecule has 0 saturated heterocycles. The number of nitrogen functional groups attached to an aromatic ring is 1. The summed E-state index contributed by atoms with van der Waals surface area (Å²) in [7, 11) is 0. The van der Waals surface area contributed by atoms with E-state index in [2.05, 4.69) is 9.97 Å². The first kappa shape index (κ1) is 10.5. The molecule has 0 unspecified atom stereocenters. The standard InChI is InChI=1S/C11H13N3O2/c1-7(2)15-10-5-3-4-8(14-10)9-6-13-11(12)16-9/h3-7H,1-2H3,(H2,12,13). The summed E-state index contributed by atoms with van der Waals surface area (Å²) in [5, 5.41) is 0. The van der Waals surface area contributed by atoms with Gasteiger partial charge in [-0.2, -0.15) is 0 Å². The van der Waals surface area contributed by atoms with Crippen LogP contribution in [0.2, 0.25) is 0 Å². The molecule has 0 aliphatic heterocycles. The fraction of sp³-hybridized carbons (Fsp3) is 0.273. The number of pyridine rings is 1. The first-order valence-corrected chi connectivity index (χ1v) is 5.00. The highest BCUT2D eigenvalue weighted by Gasteiger charge is 2.07. The van der Waals surface area contributed by atoms with Crippen molar-refractivity contribution < 1.29 is 9.15 Å². The van der Waals surface area contributed by atoms with Crippen molar-refractivity contribution in [1.29, 1.82) is 0 Å². The number of oxazole rings is 1. The molecular weight excluding hydrogens is 206 g/mol. The Morgan fingerprint density at radius 2 is 2.19 bits per heavy atom. The third kappa shape index (κ3) is 2.31. The summed E-state index contributed by atoms with van der Waals surface area (Å²) in [4.78, 5) is 8.10. The van der Waals surface area contributed by atoms with Crippen LogP contribution >= 0.6 is 0 Å². The van der Waals surface area contributed by atoms with Gasteiger partial charge in [0, 0.05) is 6.07 Å². The highest BCUT2D eigenvalue weighted by molar-refractivity contribution is 5.52. The number of nitrogens with two attached hydrogens (primary N) is 1. The molecule has 2 heterocycles. The molecule has 84 valence electrons. The van der Waals surface area contributed by atoms with Crippen molar-refractivity contribution in [3.63, 3.8) is 0 Å². The lowest BCUT2D eigenvalue weighted by atomic mass is 10.3. The lowest BCUT2D eigenvalue weighted by molar-refractivity contribution is 0.233. The summed E-state index contributed by atoms with van der Waals surface area (Å²) in [5.74, 6) is 1.09. The maximum atomic E-state index is 5.48. The van der Waals surface area contributed by atoms with Crippen LogP contribution in [0, 0.1) is 0 Å². The normalized spacial score (nSPS) is 10.7. The molecule has 0 aliphatic carbocycles. The predicted molar refractivity (Wildman–Crippen MR) is 59.9 cm³/mol. The minimum atomic E-state index is 0.0857. The van der Waals surface area contributed by atoms with Gasteiger partial charge in [-0.1, -0.05) is 6.07 Å². The Balaban J connectivity index is 2.28. The number of nitrogens with zero attached hydrogens (tertiary/aromatic N) is 2. The molecule has 0 aliphatic rings. The second-order valence-electron chi connectivity index (χ2n) is 3.59. The van der Waals surface area contributed by atoms with Gasteiger partial charge < -0.3 is 14.9 Å². The first-order valence-electron chi connectivity index (χ1n) is 5.00. The van der Waals surface area contributed by atoms with Crippen LogP contribution in [0.25, 0.3) is 11.5 Å². The van der Waals surface area contributed by atoms with Crippen LogP contribution in [0.5, 0.6) is 5.88 Å². The average Bonchev–Trinajstić information content (AvgIpc) is 2.64. The molecule has 0 amide bonds. The fourth-order valence-corrected chi connectivity index (χ4v) is 1.27. The van der Waals surface area contributed by atoms with Gasteiger partial charge in [-0.3, -0.25) is 0 Å². The summed E-state index contributed by atoms with van der Waals surface area (Å²) in [6, 6.07) is 5.58. The van der Waals surface area contributed by atoms with Gasteiger partial charge in [0.1, 0.15) is 5.69 Å². The number of ether oxygens (including phenoxy) is 1. The van der Waals surface area contributed by atoms with E-state index in [1.807, 2.05) is 26.0 Å². The highest BCUT2D eigenvalue weighted by Crippen LogP contribution is 2.21. The van der Waals surface area contributed by atoms with Gasteiger partial charge in [0.05, 0.1) is 12.3 Å². The molecule has 2 rings (SSSR count). The first-order chi connectivity index (χ1) is 7.65. The smallest absolute Gasteiger partial charge is 0.292 e. The van der Waals surface area contributed by atoms with Crippen molar-refractivity contribution in [1.82, 2.24) is 9.97 Å². The Bertz CT molecular complexity index is 480. The molecule has 5 nitrogen and oxygen atoms in total. The molecule has 0 saturated carbocycles. The van der Waals surface area contributed by atoms with E-state index in [0.717, 1.165) is 0 Å². The molecule has 2 aromatic heterocycles. The zero-order chi connectivity index (χ0) is 11.5. The van der Waals surface area contributed by atoms with Gasteiger partial charge in [-0.15, -0.1) is 0 Å². The molecule has 2 aromatic rings. The quantitative estimate of drug-likeness (QED) is 0.855. The van der Waals surface area contributed by atoms with Gasteiger partial charge in [-0.05, 0) is 19.9 Å². The second-order valence-corrected chi connectivity index (χ2v) is 3.59. The third-order valence-electron chi connectivity index (χ3n) is 1.86. The monoisotopic (exact) mass is 219 g/mol. The number of rotatable bonds is 3. The second kappa shape index (κ2) is 4.22. The van der Waals surface area contributed by atoms with Crippen LogP contribution in [-0.2, 0) is 0 Å². The van der Waals surface area contributed by atoms with E-state index in [-0.39, 0.29) is 12.1 Å². The zero-order valence-corrected chi connectivity index (χ0v) is 9.18. The molecule has 0 spiro atoms. The van der Waals surface area contributed by atoms with E-state index >= 15 is 0 Å². The maximum Gasteiger partial charge on any atom is 0.292 e.